The van der Waals surface area contributed by atoms with E-state index in [9.17, 15) is 9.18 Å². The summed E-state index contributed by atoms with van der Waals surface area (Å²) in [7, 11) is 1.40. The molecule has 17 heavy (non-hydrogen) atoms. The molecule has 1 aliphatic heterocycles. The molecule has 0 radical (unpaired) electrons. The summed E-state index contributed by atoms with van der Waals surface area (Å²) in [5.41, 5.74) is 1.11. The summed E-state index contributed by atoms with van der Waals surface area (Å²) in [6, 6.07) is 6.36. The molecular formula is C13H16FNO2. The van der Waals surface area contributed by atoms with Crippen molar-refractivity contribution in [2.75, 3.05) is 13.7 Å². The lowest BCUT2D eigenvalue weighted by Crippen LogP contribution is -2.43. The lowest BCUT2D eigenvalue weighted by molar-refractivity contribution is -0.143. The molecule has 92 valence electrons. The molecule has 2 atom stereocenters. The standard InChI is InChI=1S/C13H16FNO2/c1-17-13(16)12-7-4-10(8-15-12)9-2-5-11(14)6-3-9/h2-3,5-6,10,12,15H,4,7-8H2,1H3/t10-,12+/m1/s1. The summed E-state index contributed by atoms with van der Waals surface area (Å²) in [6.45, 7) is 0.728. The minimum Gasteiger partial charge on any atom is -0.468 e. The topological polar surface area (TPSA) is 38.3 Å². The van der Waals surface area contributed by atoms with E-state index in [1.54, 1.807) is 12.1 Å². The normalized spacial score (nSPS) is 24.4. The van der Waals surface area contributed by atoms with E-state index in [2.05, 4.69) is 5.32 Å². The third-order valence-electron chi connectivity index (χ3n) is 3.24. The van der Waals surface area contributed by atoms with Crippen LogP contribution in [-0.2, 0) is 9.53 Å². The number of methoxy groups -OCH3 is 1. The monoisotopic (exact) mass is 237 g/mol. The Balaban J connectivity index is 1.95. The average molecular weight is 237 g/mol. The van der Waals surface area contributed by atoms with Gasteiger partial charge in [-0.15, -0.1) is 0 Å². The van der Waals surface area contributed by atoms with E-state index in [1.807, 2.05) is 0 Å². The maximum Gasteiger partial charge on any atom is 0.322 e. The zero-order valence-corrected chi connectivity index (χ0v) is 9.78. The van der Waals surface area contributed by atoms with Gasteiger partial charge in [0.05, 0.1) is 7.11 Å². The third-order valence-corrected chi connectivity index (χ3v) is 3.24. The Morgan fingerprint density at radius 3 is 2.59 bits per heavy atom. The Morgan fingerprint density at radius 1 is 1.35 bits per heavy atom. The van der Waals surface area contributed by atoms with Crippen molar-refractivity contribution in [2.45, 2.75) is 24.8 Å². The maximum atomic E-state index is 12.8. The van der Waals surface area contributed by atoms with Gasteiger partial charge < -0.3 is 10.1 Å². The number of rotatable bonds is 2. The zero-order chi connectivity index (χ0) is 12.3. The van der Waals surface area contributed by atoms with E-state index in [0.29, 0.717) is 5.92 Å². The van der Waals surface area contributed by atoms with Crippen molar-refractivity contribution >= 4 is 5.97 Å². The molecule has 2 rings (SSSR count). The smallest absolute Gasteiger partial charge is 0.322 e. The minimum absolute atomic E-state index is 0.198. The fourth-order valence-corrected chi connectivity index (χ4v) is 2.22. The largest absolute Gasteiger partial charge is 0.468 e. The van der Waals surface area contributed by atoms with Gasteiger partial charge in [-0.1, -0.05) is 12.1 Å². The molecule has 0 amide bonds. The SMILES string of the molecule is COC(=O)[C@@H]1CC[C@@H](c2ccc(F)cc2)CN1. The van der Waals surface area contributed by atoms with Crippen LogP contribution in [0.25, 0.3) is 0 Å². The Kier molecular flexibility index (Phi) is 3.74. The number of carbonyl (C=O) groups excluding carboxylic acids is 1. The number of hydrogen-bond acceptors (Lipinski definition) is 3. The zero-order valence-electron chi connectivity index (χ0n) is 9.78. The molecule has 0 bridgehead atoms. The second-order valence-corrected chi connectivity index (χ2v) is 4.31. The van der Waals surface area contributed by atoms with Gasteiger partial charge in [-0.3, -0.25) is 4.79 Å². The summed E-state index contributed by atoms with van der Waals surface area (Å²) in [6.07, 6.45) is 1.67. The van der Waals surface area contributed by atoms with Crippen LogP contribution < -0.4 is 5.32 Å². The number of ether oxygens (including phenoxy) is 1. The number of halogens is 1. The first kappa shape index (κ1) is 12.0. The molecule has 3 nitrogen and oxygen atoms in total. The second kappa shape index (κ2) is 5.27. The van der Waals surface area contributed by atoms with Crippen LogP contribution in [0, 0.1) is 5.82 Å². The molecule has 0 saturated carbocycles. The van der Waals surface area contributed by atoms with Gasteiger partial charge in [0.1, 0.15) is 11.9 Å². The molecule has 1 N–H and O–H groups in total. The van der Waals surface area contributed by atoms with Crippen LogP contribution in [0.3, 0.4) is 0 Å². The first-order valence-corrected chi connectivity index (χ1v) is 5.77. The molecule has 0 unspecified atom stereocenters. The number of nitrogens with one attached hydrogen (secondary N) is 1. The summed E-state index contributed by atoms with van der Waals surface area (Å²) in [4.78, 5) is 11.3. The molecule has 1 aliphatic rings. The third kappa shape index (κ3) is 2.82. The summed E-state index contributed by atoms with van der Waals surface area (Å²) in [5, 5.41) is 3.16. The van der Waals surface area contributed by atoms with Crippen LogP contribution in [0.4, 0.5) is 4.39 Å². The first-order valence-electron chi connectivity index (χ1n) is 5.77. The molecule has 1 aromatic rings. The Bertz CT molecular complexity index is 383. The van der Waals surface area contributed by atoms with Gasteiger partial charge in [-0.25, -0.2) is 4.39 Å². The van der Waals surface area contributed by atoms with Crippen LogP contribution in [-0.4, -0.2) is 25.7 Å². The van der Waals surface area contributed by atoms with E-state index in [-0.39, 0.29) is 17.8 Å². The van der Waals surface area contributed by atoms with E-state index in [4.69, 9.17) is 4.74 Å². The van der Waals surface area contributed by atoms with E-state index in [1.165, 1.54) is 19.2 Å². The molecule has 1 heterocycles. The molecule has 1 saturated heterocycles. The van der Waals surface area contributed by atoms with Gasteiger partial charge in [-0.2, -0.15) is 0 Å². The Morgan fingerprint density at radius 2 is 2.06 bits per heavy atom. The van der Waals surface area contributed by atoms with Crippen LogP contribution >= 0.6 is 0 Å². The van der Waals surface area contributed by atoms with Gasteiger partial charge in [0.25, 0.3) is 0 Å². The highest BCUT2D eigenvalue weighted by Crippen LogP contribution is 2.25. The van der Waals surface area contributed by atoms with Crippen molar-refractivity contribution in [3.63, 3.8) is 0 Å². The molecule has 0 aromatic heterocycles. The molecule has 1 aromatic carbocycles. The van der Waals surface area contributed by atoms with Crippen molar-refractivity contribution < 1.29 is 13.9 Å². The second-order valence-electron chi connectivity index (χ2n) is 4.31. The molecule has 0 spiro atoms. The van der Waals surface area contributed by atoms with Gasteiger partial charge in [0.2, 0.25) is 0 Å². The van der Waals surface area contributed by atoms with Gasteiger partial charge >= 0.3 is 5.97 Å². The molecule has 0 aliphatic carbocycles. The average Bonchev–Trinajstić information content (AvgIpc) is 2.39. The minimum atomic E-state index is -0.218. The number of esters is 1. The fourth-order valence-electron chi connectivity index (χ4n) is 2.22. The van der Waals surface area contributed by atoms with Crippen LogP contribution in [0.15, 0.2) is 24.3 Å². The molecule has 4 heteroatoms. The summed E-state index contributed by atoms with van der Waals surface area (Å²) < 4.78 is 17.5. The number of piperidine rings is 1. The first-order chi connectivity index (χ1) is 8.20. The Labute approximate surface area is 100.0 Å². The van der Waals surface area contributed by atoms with Crippen molar-refractivity contribution in [3.8, 4) is 0 Å². The number of carbonyl (C=O) groups is 1. The van der Waals surface area contributed by atoms with E-state index < -0.39 is 0 Å². The van der Waals surface area contributed by atoms with Crippen LogP contribution in [0.5, 0.6) is 0 Å². The fraction of sp³-hybridized carbons (Fsp3) is 0.462. The number of benzene rings is 1. The lowest BCUT2D eigenvalue weighted by atomic mass is 9.89. The quantitative estimate of drug-likeness (QED) is 0.797. The van der Waals surface area contributed by atoms with Crippen molar-refractivity contribution in [2.24, 2.45) is 0 Å². The number of hydrogen-bond donors (Lipinski definition) is 1. The van der Waals surface area contributed by atoms with E-state index >= 15 is 0 Å². The van der Waals surface area contributed by atoms with Gasteiger partial charge in [0.15, 0.2) is 0 Å². The van der Waals surface area contributed by atoms with Crippen molar-refractivity contribution in [3.05, 3.63) is 35.6 Å². The Hall–Kier alpha value is -1.42. The van der Waals surface area contributed by atoms with Gasteiger partial charge in [0, 0.05) is 6.54 Å². The predicted octanol–water partition coefficient (Wildman–Crippen LogP) is 1.83. The predicted molar refractivity (Wildman–Crippen MR) is 62.2 cm³/mol. The summed E-state index contributed by atoms with van der Waals surface area (Å²) >= 11 is 0. The molecular weight excluding hydrogens is 221 g/mol. The van der Waals surface area contributed by atoms with Crippen molar-refractivity contribution in [1.29, 1.82) is 0 Å². The summed E-state index contributed by atoms with van der Waals surface area (Å²) in [5.74, 6) is -0.0796. The van der Waals surface area contributed by atoms with Crippen molar-refractivity contribution in [1.82, 2.24) is 5.32 Å². The van der Waals surface area contributed by atoms with E-state index in [0.717, 1.165) is 24.9 Å². The lowest BCUT2D eigenvalue weighted by Gasteiger charge is -2.28. The molecule has 1 fully saturated rings. The maximum absolute atomic E-state index is 12.8. The van der Waals surface area contributed by atoms with Gasteiger partial charge in [-0.05, 0) is 36.5 Å². The van der Waals surface area contributed by atoms with Crippen LogP contribution in [0.2, 0.25) is 0 Å². The highest BCUT2D eigenvalue weighted by atomic mass is 19.1. The highest BCUT2D eigenvalue weighted by molar-refractivity contribution is 5.75. The van der Waals surface area contributed by atoms with Crippen LogP contribution in [0.1, 0.15) is 24.3 Å². The highest BCUT2D eigenvalue weighted by Gasteiger charge is 2.26.